The summed E-state index contributed by atoms with van der Waals surface area (Å²) in [6.07, 6.45) is -1.02. The second kappa shape index (κ2) is 7.88. The van der Waals surface area contributed by atoms with E-state index in [0.29, 0.717) is 11.3 Å². The summed E-state index contributed by atoms with van der Waals surface area (Å²) < 4.78 is 10.2. The van der Waals surface area contributed by atoms with Crippen molar-refractivity contribution in [2.24, 2.45) is 0 Å². The standard InChI is InChI=1S/C17H13Cl3O4/c1-9(16(21)10-3-5-11(23-2)6-4-10)24-17(22)14-12(18)7-8-13(19)15(14)20/h3-9H,1-2H3/t9-/m1/s1. The molecule has 0 fully saturated rings. The number of halogens is 3. The van der Waals surface area contributed by atoms with Crippen molar-refractivity contribution in [3.05, 3.63) is 62.6 Å². The van der Waals surface area contributed by atoms with Crippen molar-refractivity contribution in [1.29, 1.82) is 0 Å². The number of Topliss-reactive ketones (excluding diaryl/α,β-unsaturated/α-hetero) is 1. The molecule has 2 aromatic rings. The fraction of sp³-hybridized carbons (Fsp3) is 0.176. The molecule has 0 aliphatic carbocycles. The normalized spacial score (nSPS) is 11.7. The van der Waals surface area contributed by atoms with E-state index in [1.165, 1.54) is 26.2 Å². The molecule has 126 valence electrons. The molecule has 0 aliphatic rings. The van der Waals surface area contributed by atoms with Gasteiger partial charge in [-0.05, 0) is 43.3 Å². The molecule has 0 bridgehead atoms. The minimum atomic E-state index is -1.02. The number of benzene rings is 2. The Morgan fingerprint density at radius 2 is 1.54 bits per heavy atom. The SMILES string of the molecule is COc1ccc(C(=O)[C@@H](C)OC(=O)c2c(Cl)ccc(Cl)c2Cl)cc1. The van der Waals surface area contributed by atoms with Crippen molar-refractivity contribution in [3.63, 3.8) is 0 Å². The van der Waals surface area contributed by atoms with Gasteiger partial charge in [0.2, 0.25) is 5.78 Å². The van der Waals surface area contributed by atoms with Crippen LogP contribution in [0.5, 0.6) is 5.75 Å². The molecule has 2 rings (SSSR count). The average Bonchev–Trinajstić information content (AvgIpc) is 2.58. The number of carbonyl (C=O) groups is 2. The molecule has 0 aliphatic heterocycles. The maximum absolute atomic E-state index is 12.3. The summed E-state index contributed by atoms with van der Waals surface area (Å²) in [6, 6.07) is 9.37. The van der Waals surface area contributed by atoms with Gasteiger partial charge >= 0.3 is 5.97 Å². The van der Waals surface area contributed by atoms with E-state index in [-0.39, 0.29) is 26.4 Å². The van der Waals surface area contributed by atoms with Crippen LogP contribution in [0.2, 0.25) is 15.1 Å². The van der Waals surface area contributed by atoms with Gasteiger partial charge in [-0.15, -0.1) is 0 Å². The quantitative estimate of drug-likeness (QED) is 0.408. The van der Waals surface area contributed by atoms with Crippen LogP contribution in [0.25, 0.3) is 0 Å². The Balaban J connectivity index is 2.16. The highest BCUT2D eigenvalue weighted by molar-refractivity contribution is 6.46. The third-order valence-corrected chi connectivity index (χ3v) is 4.39. The fourth-order valence-electron chi connectivity index (χ4n) is 1.98. The molecule has 0 saturated carbocycles. The topological polar surface area (TPSA) is 52.6 Å². The lowest BCUT2D eigenvalue weighted by molar-refractivity contribution is 0.0319. The summed E-state index contributed by atoms with van der Waals surface area (Å²) >= 11 is 17.8. The molecular weight excluding hydrogens is 375 g/mol. The molecule has 0 unspecified atom stereocenters. The molecular formula is C17H13Cl3O4. The predicted octanol–water partition coefficient (Wildman–Crippen LogP) is 5.08. The number of methoxy groups -OCH3 is 1. The number of hydrogen-bond acceptors (Lipinski definition) is 4. The Hall–Kier alpha value is -1.75. The number of esters is 1. The van der Waals surface area contributed by atoms with Crippen molar-refractivity contribution in [2.45, 2.75) is 13.0 Å². The molecule has 0 N–H and O–H groups in total. The lowest BCUT2D eigenvalue weighted by atomic mass is 10.1. The van der Waals surface area contributed by atoms with Crippen molar-refractivity contribution in [2.75, 3.05) is 7.11 Å². The maximum atomic E-state index is 12.3. The first kappa shape index (κ1) is 18.6. The molecule has 0 saturated heterocycles. The zero-order valence-electron chi connectivity index (χ0n) is 12.8. The van der Waals surface area contributed by atoms with Gasteiger partial charge in [-0.1, -0.05) is 34.8 Å². The zero-order chi connectivity index (χ0) is 17.9. The minimum Gasteiger partial charge on any atom is -0.497 e. The molecule has 24 heavy (non-hydrogen) atoms. The maximum Gasteiger partial charge on any atom is 0.341 e. The van der Waals surface area contributed by atoms with E-state index in [1.54, 1.807) is 24.3 Å². The highest BCUT2D eigenvalue weighted by atomic mass is 35.5. The minimum absolute atomic E-state index is 0.0155. The first-order valence-corrected chi connectivity index (χ1v) is 8.01. The third kappa shape index (κ3) is 4.01. The Bertz CT molecular complexity index is 772. The van der Waals surface area contributed by atoms with Crippen LogP contribution in [0, 0.1) is 0 Å². The monoisotopic (exact) mass is 386 g/mol. The van der Waals surface area contributed by atoms with Crippen molar-refractivity contribution >= 4 is 46.6 Å². The zero-order valence-corrected chi connectivity index (χ0v) is 15.1. The van der Waals surface area contributed by atoms with Gasteiger partial charge in [0.15, 0.2) is 6.10 Å². The van der Waals surface area contributed by atoms with E-state index < -0.39 is 12.1 Å². The van der Waals surface area contributed by atoms with Crippen LogP contribution in [0.3, 0.4) is 0 Å². The number of hydrogen-bond donors (Lipinski definition) is 0. The molecule has 0 aromatic heterocycles. The van der Waals surface area contributed by atoms with E-state index in [0.717, 1.165) is 0 Å². The molecule has 4 nitrogen and oxygen atoms in total. The van der Waals surface area contributed by atoms with Crippen molar-refractivity contribution < 1.29 is 19.1 Å². The van der Waals surface area contributed by atoms with Crippen molar-refractivity contribution in [1.82, 2.24) is 0 Å². The van der Waals surface area contributed by atoms with E-state index >= 15 is 0 Å². The van der Waals surface area contributed by atoms with Gasteiger partial charge in [0.1, 0.15) is 5.75 Å². The molecule has 0 radical (unpaired) electrons. The predicted molar refractivity (Wildman–Crippen MR) is 93.7 cm³/mol. The van der Waals surface area contributed by atoms with Gasteiger partial charge in [-0.3, -0.25) is 4.79 Å². The summed E-state index contributed by atoms with van der Waals surface area (Å²) in [7, 11) is 1.53. The Labute approximate surface area is 154 Å². The molecule has 0 heterocycles. The van der Waals surface area contributed by atoms with Crippen LogP contribution in [0.4, 0.5) is 0 Å². The van der Waals surface area contributed by atoms with Gasteiger partial charge in [0, 0.05) is 5.56 Å². The fourth-order valence-corrected chi connectivity index (χ4v) is 2.66. The van der Waals surface area contributed by atoms with Crippen LogP contribution < -0.4 is 4.74 Å². The Kier molecular flexibility index (Phi) is 6.10. The van der Waals surface area contributed by atoms with Gasteiger partial charge in [-0.25, -0.2) is 4.79 Å². The van der Waals surface area contributed by atoms with E-state index in [2.05, 4.69) is 0 Å². The molecule has 7 heteroatoms. The average molecular weight is 388 g/mol. The van der Waals surface area contributed by atoms with E-state index in [9.17, 15) is 9.59 Å². The summed E-state index contributed by atoms with van der Waals surface area (Å²) in [5.74, 6) is -0.559. The largest absolute Gasteiger partial charge is 0.497 e. The van der Waals surface area contributed by atoms with E-state index in [1.807, 2.05) is 0 Å². The van der Waals surface area contributed by atoms with Gasteiger partial charge in [0.05, 0.1) is 27.7 Å². The van der Waals surface area contributed by atoms with Crippen LogP contribution in [0.1, 0.15) is 27.6 Å². The van der Waals surface area contributed by atoms with Crippen LogP contribution in [-0.4, -0.2) is 25.0 Å². The van der Waals surface area contributed by atoms with E-state index in [4.69, 9.17) is 44.3 Å². The first-order valence-electron chi connectivity index (χ1n) is 6.88. The summed E-state index contributed by atoms with van der Waals surface area (Å²) in [4.78, 5) is 24.6. The lowest BCUT2D eigenvalue weighted by Gasteiger charge is -2.14. The Morgan fingerprint density at radius 3 is 2.12 bits per heavy atom. The molecule has 0 amide bonds. The lowest BCUT2D eigenvalue weighted by Crippen LogP contribution is -2.24. The number of carbonyl (C=O) groups excluding carboxylic acids is 2. The smallest absolute Gasteiger partial charge is 0.341 e. The van der Waals surface area contributed by atoms with Gasteiger partial charge in [-0.2, -0.15) is 0 Å². The molecule has 0 spiro atoms. The highest BCUT2D eigenvalue weighted by Crippen LogP contribution is 2.32. The number of ketones is 1. The summed E-state index contributed by atoms with van der Waals surface area (Å²) in [6.45, 7) is 1.47. The third-order valence-electron chi connectivity index (χ3n) is 3.28. The van der Waals surface area contributed by atoms with Gasteiger partial charge < -0.3 is 9.47 Å². The summed E-state index contributed by atoms with van der Waals surface area (Å²) in [5.41, 5.74) is 0.319. The van der Waals surface area contributed by atoms with Crippen LogP contribution >= 0.6 is 34.8 Å². The highest BCUT2D eigenvalue weighted by Gasteiger charge is 2.24. The molecule has 1 atom stereocenters. The number of rotatable bonds is 5. The van der Waals surface area contributed by atoms with Crippen LogP contribution in [0.15, 0.2) is 36.4 Å². The van der Waals surface area contributed by atoms with Crippen LogP contribution in [-0.2, 0) is 4.74 Å². The second-order valence-electron chi connectivity index (χ2n) is 4.86. The van der Waals surface area contributed by atoms with Crippen molar-refractivity contribution in [3.8, 4) is 5.75 Å². The van der Waals surface area contributed by atoms with Gasteiger partial charge in [0.25, 0.3) is 0 Å². The Morgan fingerprint density at radius 1 is 0.958 bits per heavy atom. The molecule has 2 aromatic carbocycles. The second-order valence-corrected chi connectivity index (χ2v) is 6.05. The summed E-state index contributed by atoms with van der Waals surface area (Å²) in [5, 5.41) is 0.249. The first-order chi connectivity index (χ1) is 11.3. The number of ether oxygens (including phenoxy) is 2.